The van der Waals surface area contributed by atoms with Crippen molar-refractivity contribution >= 4 is 0 Å². The van der Waals surface area contributed by atoms with Crippen molar-refractivity contribution in [2.45, 2.75) is 32.7 Å². The van der Waals surface area contributed by atoms with Gasteiger partial charge in [-0.2, -0.15) is 0 Å². The molecule has 1 unspecified atom stereocenters. The van der Waals surface area contributed by atoms with E-state index in [1.54, 1.807) is 6.26 Å². The van der Waals surface area contributed by atoms with Crippen LogP contribution in [-0.2, 0) is 13.0 Å². The molecule has 0 radical (unpaired) electrons. The molecule has 0 amide bonds. The van der Waals surface area contributed by atoms with Crippen LogP contribution >= 0.6 is 0 Å². The van der Waals surface area contributed by atoms with Crippen LogP contribution in [0.5, 0.6) is 11.5 Å². The van der Waals surface area contributed by atoms with E-state index in [-0.39, 0.29) is 5.41 Å². The SMILES string of the molecule is CC1(Cc2ccc3c(c2)OCO3)CCCN(Cc2cnc(-c3ccco3)nc2)C1. The van der Waals surface area contributed by atoms with Gasteiger partial charge in [-0.15, -0.1) is 0 Å². The fraction of sp³-hybridized carbons (Fsp3) is 0.391. The predicted octanol–water partition coefficient (Wildman–Crippen LogP) is 4.31. The Kier molecular flexibility index (Phi) is 4.72. The summed E-state index contributed by atoms with van der Waals surface area (Å²) in [6.45, 7) is 5.75. The number of piperidine rings is 1. The highest BCUT2D eigenvalue weighted by atomic mass is 16.7. The molecule has 1 saturated heterocycles. The lowest BCUT2D eigenvalue weighted by Crippen LogP contribution is -2.42. The van der Waals surface area contributed by atoms with E-state index in [1.807, 2.05) is 30.6 Å². The predicted molar refractivity (Wildman–Crippen MR) is 109 cm³/mol. The molecule has 0 aliphatic carbocycles. The third-order valence-corrected chi connectivity index (χ3v) is 5.78. The molecule has 6 nitrogen and oxygen atoms in total. The fourth-order valence-electron chi connectivity index (χ4n) is 4.48. The second kappa shape index (κ2) is 7.52. The van der Waals surface area contributed by atoms with Crippen molar-refractivity contribution in [1.29, 1.82) is 0 Å². The molecule has 3 aromatic rings. The quantitative estimate of drug-likeness (QED) is 0.646. The van der Waals surface area contributed by atoms with Crippen LogP contribution in [0.3, 0.4) is 0 Å². The number of nitrogens with zero attached hydrogens (tertiary/aromatic N) is 3. The van der Waals surface area contributed by atoms with Crippen molar-refractivity contribution in [3.05, 3.63) is 60.1 Å². The topological polar surface area (TPSA) is 60.6 Å². The summed E-state index contributed by atoms with van der Waals surface area (Å²) in [7, 11) is 0. The first-order valence-corrected chi connectivity index (χ1v) is 10.1. The van der Waals surface area contributed by atoms with Gasteiger partial charge in [0.2, 0.25) is 6.79 Å². The molecule has 4 heterocycles. The average Bonchev–Trinajstić information content (AvgIpc) is 3.40. The summed E-state index contributed by atoms with van der Waals surface area (Å²) in [5, 5.41) is 0. The summed E-state index contributed by atoms with van der Waals surface area (Å²) in [5.74, 6) is 3.05. The summed E-state index contributed by atoms with van der Waals surface area (Å²) < 4.78 is 16.3. The zero-order chi connectivity index (χ0) is 19.7. The molecule has 6 heteroatoms. The molecule has 1 aromatic carbocycles. The molecule has 0 spiro atoms. The first-order valence-electron chi connectivity index (χ1n) is 10.1. The number of furan rings is 1. The number of rotatable bonds is 5. The normalized spacial score (nSPS) is 21.4. The van der Waals surface area contributed by atoms with Crippen LogP contribution in [0, 0.1) is 5.41 Å². The van der Waals surface area contributed by atoms with E-state index in [0.29, 0.717) is 18.4 Å². The molecule has 0 saturated carbocycles. The molecule has 0 bridgehead atoms. The Balaban J connectivity index is 1.24. The fourth-order valence-corrected chi connectivity index (χ4v) is 4.48. The summed E-state index contributed by atoms with van der Waals surface area (Å²) in [6, 6.07) is 10.1. The van der Waals surface area contributed by atoms with Gasteiger partial charge < -0.3 is 13.9 Å². The summed E-state index contributed by atoms with van der Waals surface area (Å²) in [5.41, 5.74) is 2.68. The summed E-state index contributed by atoms with van der Waals surface area (Å²) in [4.78, 5) is 11.4. The Hall–Kier alpha value is -2.86. The van der Waals surface area contributed by atoms with Crippen LogP contribution < -0.4 is 9.47 Å². The van der Waals surface area contributed by atoms with Crippen LogP contribution in [-0.4, -0.2) is 34.8 Å². The molecule has 29 heavy (non-hydrogen) atoms. The number of ether oxygens (including phenoxy) is 2. The van der Waals surface area contributed by atoms with E-state index in [4.69, 9.17) is 13.9 Å². The Morgan fingerprint density at radius 1 is 1.07 bits per heavy atom. The van der Waals surface area contributed by atoms with Crippen LogP contribution in [0.1, 0.15) is 30.9 Å². The molecule has 1 fully saturated rings. The molecule has 0 N–H and O–H groups in total. The molecule has 2 aromatic heterocycles. The number of hydrogen-bond donors (Lipinski definition) is 0. The largest absolute Gasteiger partial charge is 0.461 e. The van der Waals surface area contributed by atoms with Gasteiger partial charge >= 0.3 is 0 Å². The highest BCUT2D eigenvalue weighted by Crippen LogP contribution is 2.37. The minimum absolute atomic E-state index is 0.237. The van der Waals surface area contributed by atoms with Crippen LogP contribution in [0.2, 0.25) is 0 Å². The molecule has 2 aliphatic rings. The van der Waals surface area contributed by atoms with Crippen molar-refractivity contribution in [3.63, 3.8) is 0 Å². The lowest BCUT2D eigenvalue weighted by Gasteiger charge is -2.40. The smallest absolute Gasteiger partial charge is 0.231 e. The second-order valence-corrected chi connectivity index (χ2v) is 8.38. The average molecular weight is 391 g/mol. The van der Waals surface area contributed by atoms with E-state index >= 15 is 0 Å². The van der Waals surface area contributed by atoms with E-state index in [1.165, 1.54) is 18.4 Å². The number of fused-ring (bicyclic) bond motifs is 1. The minimum atomic E-state index is 0.237. The minimum Gasteiger partial charge on any atom is -0.461 e. The van der Waals surface area contributed by atoms with Crippen molar-refractivity contribution in [3.8, 4) is 23.1 Å². The maximum absolute atomic E-state index is 5.54. The van der Waals surface area contributed by atoms with Gasteiger partial charge in [0.15, 0.2) is 23.1 Å². The maximum atomic E-state index is 5.54. The Labute approximate surface area is 170 Å². The van der Waals surface area contributed by atoms with Gasteiger partial charge in [-0.05, 0) is 61.1 Å². The Morgan fingerprint density at radius 2 is 1.93 bits per heavy atom. The molecule has 2 aliphatic heterocycles. The lowest BCUT2D eigenvalue weighted by molar-refractivity contribution is 0.0968. The van der Waals surface area contributed by atoms with Gasteiger partial charge in [0.05, 0.1) is 6.26 Å². The number of likely N-dealkylation sites (tertiary alicyclic amines) is 1. The molecule has 1 atom stereocenters. The highest BCUT2D eigenvalue weighted by molar-refractivity contribution is 5.46. The van der Waals surface area contributed by atoms with E-state index in [9.17, 15) is 0 Å². The first kappa shape index (κ1) is 18.2. The lowest BCUT2D eigenvalue weighted by atomic mass is 9.77. The maximum Gasteiger partial charge on any atom is 0.231 e. The van der Waals surface area contributed by atoms with Crippen LogP contribution in [0.25, 0.3) is 11.6 Å². The molecular formula is C23H25N3O3. The third-order valence-electron chi connectivity index (χ3n) is 5.78. The summed E-state index contributed by atoms with van der Waals surface area (Å²) >= 11 is 0. The van der Waals surface area contributed by atoms with Crippen molar-refractivity contribution in [2.24, 2.45) is 5.41 Å². The van der Waals surface area contributed by atoms with E-state index in [2.05, 4.69) is 33.9 Å². The van der Waals surface area contributed by atoms with Gasteiger partial charge in [0.1, 0.15) is 0 Å². The standard InChI is InChI=1S/C23H25N3O3/c1-23(11-17-5-6-19-21(10-17)29-16-28-19)7-3-8-26(15-23)14-18-12-24-22(25-13-18)20-4-2-9-27-20/h2,4-6,9-10,12-13H,3,7-8,11,14-16H2,1H3. The number of hydrogen-bond acceptors (Lipinski definition) is 6. The van der Waals surface area contributed by atoms with Gasteiger partial charge in [-0.1, -0.05) is 13.0 Å². The zero-order valence-corrected chi connectivity index (χ0v) is 16.6. The monoisotopic (exact) mass is 391 g/mol. The van der Waals surface area contributed by atoms with E-state index in [0.717, 1.165) is 43.1 Å². The Bertz CT molecular complexity index is 972. The molecule has 150 valence electrons. The molecular weight excluding hydrogens is 366 g/mol. The van der Waals surface area contributed by atoms with Crippen LogP contribution in [0.15, 0.2) is 53.4 Å². The third kappa shape index (κ3) is 3.98. The van der Waals surface area contributed by atoms with Gasteiger partial charge in [0, 0.05) is 31.0 Å². The van der Waals surface area contributed by atoms with Crippen LogP contribution in [0.4, 0.5) is 0 Å². The zero-order valence-electron chi connectivity index (χ0n) is 16.6. The van der Waals surface area contributed by atoms with Gasteiger partial charge in [-0.25, -0.2) is 9.97 Å². The highest BCUT2D eigenvalue weighted by Gasteiger charge is 2.31. The second-order valence-electron chi connectivity index (χ2n) is 8.38. The van der Waals surface area contributed by atoms with Crippen molar-refractivity contribution < 1.29 is 13.9 Å². The van der Waals surface area contributed by atoms with Crippen molar-refractivity contribution in [2.75, 3.05) is 19.9 Å². The first-order chi connectivity index (χ1) is 14.2. The Morgan fingerprint density at radius 3 is 2.76 bits per heavy atom. The van der Waals surface area contributed by atoms with Crippen molar-refractivity contribution in [1.82, 2.24) is 14.9 Å². The van der Waals surface area contributed by atoms with E-state index < -0.39 is 0 Å². The van der Waals surface area contributed by atoms with Gasteiger partial charge in [-0.3, -0.25) is 4.90 Å². The molecule has 5 rings (SSSR count). The summed E-state index contributed by atoms with van der Waals surface area (Å²) in [6.07, 6.45) is 8.93. The number of aromatic nitrogens is 2. The van der Waals surface area contributed by atoms with Gasteiger partial charge in [0.25, 0.3) is 0 Å². The number of benzene rings is 1.